The summed E-state index contributed by atoms with van der Waals surface area (Å²) in [6.07, 6.45) is 7.23. The van der Waals surface area contributed by atoms with Gasteiger partial charge in [0.2, 0.25) is 0 Å². The zero-order valence-electron chi connectivity index (χ0n) is 12.6. The van der Waals surface area contributed by atoms with E-state index >= 15 is 0 Å². The average molecular weight is 320 g/mol. The summed E-state index contributed by atoms with van der Waals surface area (Å²) in [6.45, 7) is 1.11. The smallest absolute Gasteiger partial charge is 0.185 e. The highest BCUT2D eigenvalue weighted by Crippen LogP contribution is 2.21. The second kappa shape index (κ2) is 12.4. The summed E-state index contributed by atoms with van der Waals surface area (Å²) in [7, 11) is 0. The van der Waals surface area contributed by atoms with Gasteiger partial charge in [-0.15, -0.1) is 0 Å². The average Bonchev–Trinajstić information content (AvgIpc) is 3.19. The van der Waals surface area contributed by atoms with Crippen LogP contribution in [-0.2, 0) is 9.47 Å². The van der Waals surface area contributed by atoms with Gasteiger partial charge in [0.05, 0.1) is 26.4 Å². The second-order valence-electron chi connectivity index (χ2n) is 4.21. The van der Waals surface area contributed by atoms with Gasteiger partial charge in [0.15, 0.2) is 12.6 Å². The van der Waals surface area contributed by atoms with Crippen LogP contribution in [0.3, 0.4) is 0 Å². The monoisotopic (exact) mass is 320 g/mol. The van der Waals surface area contributed by atoms with E-state index in [4.69, 9.17) is 19.7 Å². The Morgan fingerprint density at radius 1 is 1.04 bits per heavy atom. The van der Waals surface area contributed by atoms with Gasteiger partial charge in [-0.05, 0) is 18.2 Å². The lowest BCUT2D eigenvalue weighted by Gasteiger charge is -2.06. The van der Waals surface area contributed by atoms with Crippen molar-refractivity contribution in [3.63, 3.8) is 0 Å². The van der Waals surface area contributed by atoms with E-state index in [1.54, 1.807) is 30.7 Å². The maximum absolute atomic E-state index is 9.97. The largest absolute Gasteiger partial charge is 0.394 e. The predicted molar refractivity (Wildman–Crippen MR) is 82.7 cm³/mol. The minimum atomic E-state index is -0.191. The van der Waals surface area contributed by atoms with Crippen molar-refractivity contribution in [2.45, 2.75) is 6.29 Å². The molecule has 1 fully saturated rings. The summed E-state index contributed by atoms with van der Waals surface area (Å²) < 4.78 is 10.6. The van der Waals surface area contributed by atoms with Gasteiger partial charge in [-0.1, -0.05) is 6.07 Å². The molecule has 1 aliphatic rings. The normalized spacial score (nSPS) is 13.3. The molecule has 0 saturated carbocycles. The van der Waals surface area contributed by atoms with Crippen molar-refractivity contribution in [2.24, 2.45) is 0 Å². The van der Waals surface area contributed by atoms with Gasteiger partial charge in [-0.3, -0.25) is 14.8 Å². The van der Waals surface area contributed by atoms with Crippen molar-refractivity contribution in [3.8, 4) is 0 Å². The first-order chi connectivity index (χ1) is 11.3. The van der Waals surface area contributed by atoms with Crippen LogP contribution in [0.15, 0.2) is 49.1 Å². The van der Waals surface area contributed by atoms with Crippen molar-refractivity contribution in [2.75, 3.05) is 26.4 Å². The Morgan fingerprint density at radius 3 is 2.04 bits per heavy atom. The highest BCUT2D eigenvalue weighted by Gasteiger charge is 2.17. The van der Waals surface area contributed by atoms with Gasteiger partial charge >= 0.3 is 0 Å². The molecule has 1 saturated heterocycles. The number of aldehydes is 1. The Labute approximate surface area is 134 Å². The molecule has 0 atom stereocenters. The molecular weight excluding hydrogens is 300 g/mol. The number of carbonyl (C=O) groups is 1. The lowest BCUT2D eigenvalue weighted by atomic mass is 10.3. The first-order valence-electron chi connectivity index (χ1n) is 7.02. The highest BCUT2D eigenvalue weighted by molar-refractivity contribution is 5.73. The molecule has 0 spiro atoms. The molecule has 2 N–H and O–H groups in total. The van der Waals surface area contributed by atoms with E-state index in [2.05, 4.69) is 9.97 Å². The van der Waals surface area contributed by atoms with E-state index in [0.717, 1.165) is 11.8 Å². The molecule has 3 heterocycles. The third kappa shape index (κ3) is 8.12. The highest BCUT2D eigenvalue weighted by atomic mass is 16.7. The Hall–Kier alpha value is -2.19. The fourth-order valence-corrected chi connectivity index (χ4v) is 1.51. The molecule has 2 aromatic heterocycles. The van der Waals surface area contributed by atoms with Gasteiger partial charge in [0.1, 0.15) is 0 Å². The summed E-state index contributed by atoms with van der Waals surface area (Å²) in [4.78, 5) is 17.7. The number of rotatable bonds is 3. The molecule has 3 rings (SSSR count). The predicted octanol–water partition coefficient (Wildman–Crippen LogP) is 0.992. The van der Waals surface area contributed by atoms with Crippen molar-refractivity contribution < 1.29 is 24.5 Å². The Morgan fingerprint density at radius 2 is 1.65 bits per heavy atom. The van der Waals surface area contributed by atoms with E-state index < -0.39 is 0 Å². The van der Waals surface area contributed by atoms with Gasteiger partial charge in [-0.25, -0.2) is 0 Å². The lowest BCUT2D eigenvalue weighted by molar-refractivity contribution is -0.0443. The molecule has 0 radical (unpaired) electrons. The van der Waals surface area contributed by atoms with Crippen LogP contribution in [0.2, 0.25) is 0 Å². The Kier molecular flexibility index (Phi) is 10.1. The molecule has 0 amide bonds. The van der Waals surface area contributed by atoms with Crippen LogP contribution in [0.25, 0.3) is 0 Å². The summed E-state index contributed by atoms with van der Waals surface area (Å²) >= 11 is 0. The molecule has 1 aliphatic heterocycles. The van der Waals surface area contributed by atoms with Crippen molar-refractivity contribution in [1.29, 1.82) is 0 Å². The first-order valence-corrected chi connectivity index (χ1v) is 7.02. The number of hydrogen-bond acceptors (Lipinski definition) is 7. The molecule has 7 heteroatoms. The molecule has 2 aromatic rings. The van der Waals surface area contributed by atoms with Gasteiger partial charge in [-0.2, -0.15) is 0 Å². The lowest BCUT2D eigenvalue weighted by Crippen LogP contribution is -1.97. The van der Waals surface area contributed by atoms with Crippen LogP contribution in [0, 0.1) is 0 Å². The number of aliphatic hydroxyl groups excluding tert-OH is 2. The van der Waals surface area contributed by atoms with Crippen LogP contribution < -0.4 is 0 Å². The molecule has 124 valence electrons. The van der Waals surface area contributed by atoms with Gasteiger partial charge in [0.25, 0.3) is 0 Å². The number of carbonyl (C=O) groups excluding carboxylic acids is 1. The van der Waals surface area contributed by atoms with Gasteiger partial charge < -0.3 is 19.7 Å². The summed E-state index contributed by atoms with van der Waals surface area (Å²) in [5, 5.41) is 15.2. The van der Waals surface area contributed by atoms with E-state index in [-0.39, 0.29) is 19.5 Å². The Bertz CT molecular complexity index is 517. The third-order valence-electron chi connectivity index (χ3n) is 2.50. The van der Waals surface area contributed by atoms with Gasteiger partial charge in [0, 0.05) is 35.9 Å². The zero-order chi connectivity index (χ0) is 16.8. The fraction of sp³-hybridized carbons (Fsp3) is 0.312. The standard InChI is InChI=1S/C8H9NO2.C6H5NO.C2H6O2/c1-2-7(6-9-3-1)8-10-4-5-11-8;8-5-6-2-1-3-7-4-6;3-1-2-4/h1-3,6,8H,4-5H2;1-5H;3-4H,1-2H2. The van der Waals surface area contributed by atoms with E-state index in [1.807, 2.05) is 12.1 Å². The first kappa shape index (κ1) is 18.9. The molecule has 23 heavy (non-hydrogen) atoms. The summed E-state index contributed by atoms with van der Waals surface area (Å²) in [6, 6.07) is 7.26. The number of pyridine rings is 2. The summed E-state index contributed by atoms with van der Waals surface area (Å²) in [5.74, 6) is 0. The fourth-order valence-electron chi connectivity index (χ4n) is 1.51. The quantitative estimate of drug-likeness (QED) is 0.813. The molecule has 0 aliphatic carbocycles. The number of aromatic nitrogens is 2. The molecule has 0 bridgehead atoms. The minimum Gasteiger partial charge on any atom is -0.394 e. The van der Waals surface area contributed by atoms with E-state index in [0.29, 0.717) is 18.8 Å². The Balaban J connectivity index is 0.000000194. The van der Waals surface area contributed by atoms with Crippen molar-refractivity contribution >= 4 is 6.29 Å². The second-order valence-corrected chi connectivity index (χ2v) is 4.21. The third-order valence-corrected chi connectivity index (χ3v) is 2.50. The van der Waals surface area contributed by atoms with Crippen LogP contribution in [0.5, 0.6) is 0 Å². The number of hydrogen-bond donors (Lipinski definition) is 2. The number of aliphatic hydroxyl groups is 2. The molecule has 7 nitrogen and oxygen atoms in total. The molecule has 0 unspecified atom stereocenters. The van der Waals surface area contributed by atoms with Crippen molar-refractivity contribution in [3.05, 3.63) is 60.2 Å². The van der Waals surface area contributed by atoms with Crippen LogP contribution in [0.4, 0.5) is 0 Å². The maximum Gasteiger partial charge on any atom is 0.185 e. The summed E-state index contributed by atoms with van der Waals surface area (Å²) in [5.41, 5.74) is 1.61. The topological polar surface area (TPSA) is 102 Å². The van der Waals surface area contributed by atoms with E-state index in [1.165, 1.54) is 6.20 Å². The maximum atomic E-state index is 9.97. The van der Waals surface area contributed by atoms with Crippen molar-refractivity contribution in [1.82, 2.24) is 9.97 Å². The number of nitrogens with zero attached hydrogens (tertiary/aromatic N) is 2. The molecule has 0 aromatic carbocycles. The minimum absolute atomic E-state index is 0.125. The van der Waals surface area contributed by atoms with E-state index in [9.17, 15) is 4.79 Å². The SMILES string of the molecule is O=Cc1cccnc1.OCCO.c1cncc(C2OCCO2)c1. The van der Waals surface area contributed by atoms with Crippen LogP contribution in [-0.4, -0.2) is 52.9 Å². The van der Waals surface area contributed by atoms with Crippen LogP contribution >= 0.6 is 0 Å². The zero-order valence-corrected chi connectivity index (χ0v) is 12.6. The van der Waals surface area contributed by atoms with Crippen LogP contribution in [0.1, 0.15) is 22.2 Å². The number of ether oxygens (including phenoxy) is 2. The molecular formula is C16H20N2O5.